The van der Waals surface area contributed by atoms with Gasteiger partial charge in [0.05, 0.1) is 45.1 Å². The molecule has 0 radical (unpaired) electrons. The summed E-state index contributed by atoms with van der Waals surface area (Å²) in [5.41, 5.74) is 1.32. The second kappa shape index (κ2) is 10.3. The maximum absolute atomic E-state index is 13.2. The lowest BCUT2D eigenvalue weighted by atomic mass is 9.89. The Balaban J connectivity index is 1.90. The standard InChI is InChI=1S/C30H24N2O7/c1-36-23-14-19-13-21(29(34)38-3)28(30(35)39-4)27(20(19)16-24(23)37-2)18-11-12-31-25(15-18)32-22-8-6-5-7-17(22)9-10-26(32)33/h5-16H,1-4H3. The van der Waals surface area contributed by atoms with E-state index < -0.39 is 11.9 Å². The fourth-order valence-electron chi connectivity index (χ4n) is 4.73. The van der Waals surface area contributed by atoms with Gasteiger partial charge in [0.1, 0.15) is 5.82 Å². The smallest absolute Gasteiger partial charge is 0.339 e. The van der Waals surface area contributed by atoms with Gasteiger partial charge in [-0.05, 0) is 64.2 Å². The molecular formula is C30H24N2O7. The largest absolute Gasteiger partial charge is 0.493 e. The predicted molar refractivity (Wildman–Crippen MR) is 146 cm³/mol. The van der Waals surface area contributed by atoms with Crippen molar-refractivity contribution in [1.29, 1.82) is 0 Å². The van der Waals surface area contributed by atoms with Crippen molar-refractivity contribution in [2.75, 3.05) is 28.4 Å². The van der Waals surface area contributed by atoms with Gasteiger partial charge in [-0.1, -0.05) is 18.2 Å². The van der Waals surface area contributed by atoms with Gasteiger partial charge in [0, 0.05) is 17.8 Å². The molecular weight excluding hydrogens is 500 g/mol. The van der Waals surface area contributed by atoms with Gasteiger partial charge in [-0.15, -0.1) is 0 Å². The van der Waals surface area contributed by atoms with Crippen molar-refractivity contribution in [3.05, 3.63) is 94.4 Å². The highest BCUT2D eigenvalue weighted by atomic mass is 16.5. The molecule has 0 N–H and O–H groups in total. The maximum atomic E-state index is 13.2. The molecule has 9 nitrogen and oxygen atoms in total. The molecule has 3 aromatic carbocycles. The van der Waals surface area contributed by atoms with E-state index in [4.69, 9.17) is 18.9 Å². The molecule has 0 aliphatic carbocycles. The lowest BCUT2D eigenvalue weighted by molar-refractivity contribution is 0.0556. The Labute approximate surface area is 223 Å². The van der Waals surface area contributed by atoms with Crippen molar-refractivity contribution in [2.45, 2.75) is 0 Å². The highest BCUT2D eigenvalue weighted by Crippen LogP contribution is 2.41. The van der Waals surface area contributed by atoms with Crippen LogP contribution in [0.2, 0.25) is 0 Å². The van der Waals surface area contributed by atoms with Crippen LogP contribution >= 0.6 is 0 Å². The van der Waals surface area contributed by atoms with Gasteiger partial charge in [0.25, 0.3) is 5.56 Å². The fourth-order valence-corrected chi connectivity index (χ4v) is 4.73. The molecule has 0 fully saturated rings. The van der Waals surface area contributed by atoms with E-state index in [1.165, 1.54) is 45.3 Å². The van der Waals surface area contributed by atoms with Crippen LogP contribution < -0.4 is 15.0 Å². The van der Waals surface area contributed by atoms with Crippen LogP contribution in [0.15, 0.2) is 77.7 Å². The molecule has 0 bridgehead atoms. The van der Waals surface area contributed by atoms with Crippen LogP contribution in [0.3, 0.4) is 0 Å². The molecule has 9 heteroatoms. The summed E-state index contributed by atoms with van der Waals surface area (Å²) >= 11 is 0. The lowest BCUT2D eigenvalue weighted by Crippen LogP contribution is -2.18. The fraction of sp³-hybridized carbons (Fsp3) is 0.133. The molecule has 0 saturated carbocycles. The molecule has 0 atom stereocenters. The summed E-state index contributed by atoms with van der Waals surface area (Å²) in [5.74, 6) is -0.249. The van der Waals surface area contributed by atoms with Gasteiger partial charge >= 0.3 is 11.9 Å². The summed E-state index contributed by atoms with van der Waals surface area (Å²) < 4.78 is 22.6. The highest BCUT2D eigenvalue weighted by molar-refractivity contribution is 6.16. The van der Waals surface area contributed by atoms with E-state index in [-0.39, 0.29) is 16.7 Å². The van der Waals surface area contributed by atoms with E-state index in [1.54, 1.807) is 36.4 Å². The van der Waals surface area contributed by atoms with E-state index in [0.717, 1.165) is 5.39 Å². The quantitative estimate of drug-likeness (QED) is 0.292. The van der Waals surface area contributed by atoms with Crippen LogP contribution in [0.1, 0.15) is 20.7 Å². The molecule has 39 heavy (non-hydrogen) atoms. The molecule has 5 rings (SSSR count). The maximum Gasteiger partial charge on any atom is 0.339 e. The van der Waals surface area contributed by atoms with Crippen LogP contribution in [0.4, 0.5) is 0 Å². The van der Waals surface area contributed by atoms with Crippen LogP contribution in [-0.2, 0) is 9.47 Å². The summed E-state index contributed by atoms with van der Waals surface area (Å²) in [6.45, 7) is 0. The normalized spacial score (nSPS) is 10.9. The average molecular weight is 525 g/mol. The van der Waals surface area contributed by atoms with Crippen molar-refractivity contribution in [2.24, 2.45) is 0 Å². The second-order valence-electron chi connectivity index (χ2n) is 8.55. The third-order valence-electron chi connectivity index (χ3n) is 6.51. The van der Waals surface area contributed by atoms with Crippen LogP contribution in [-0.4, -0.2) is 49.9 Å². The van der Waals surface area contributed by atoms with Crippen molar-refractivity contribution in [3.8, 4) is 28.4 Å². The van der Waals surface area contributed by atoms with E-state index in [2.05, 4.69) is 4.98 Å². The molecule has 5 aromatic rings. The lowest BCUT2D eigenvalue weighted by Gasteiger charge is -2.18. The minimum absolute atomic E-state index is 0.00601. The number of esters is 2. The summed E-state index contributed by atoms with van der Waals surface area (Å²) in [6, 6.07) is 19.0. The third kappa shape index (κ3) is 4.33. The van der Waals surface area contributed by atoms with Crippen molar-refractivity contribution in [1.82, 2.24) is 9.55 Å². The third-order valence-corrected chi connectivity index (χ3v) is 6.51. The Morgan fingerprint density at radius 2 is 1.49 bits per heavy atom. The first-order chi connectivity index (χ1) is 18.9. The Morgan fingerprint density at radius 3 is 2.21 bits per heavy atom. The zero-order valence-electron chi connectivity index (χ0n) is 21.7. The Bertz CT molecular complexity index is 1820. The molecule has 2 heterocycles. The number of nitrogens with zero attached hydrogens (tertiary/aromatic N) is 2. The predicted octanol–water partition coefficient (Wildman–Crippen LogP) is 4.80. The van der Waals surface area contributed by atoms with Crippen molar-refractivity contribution >= 4 is 33.6 Å². The number of aromatic nitrogens is 2. The van der Waals surface area contributed by atoms with Gasteiger partial charge < -0.3 is 18.9 Å². The molecule has 0 amide bonds. The number of hydrogen-bond donors (Lipinski definition) is 0. The summed E-state index contributed by atoms with van der Waals surface area (Å²) in [7, 11) is 5.48. The Hall–Kier alpha value is -5.18. The van der Waals surface area contributed by atoms with Crippen LogP contribution in [0.5, 0.6) is 11.5 Å². The molecule has 0 spiro atoms. The van der Waals surface area contributed by atoms with Gasteiger partial charge in [-0.2, -0.15) is 0 Å². The number of benzene rings is 3. The van der Waals surface area contributed by atoms with Gasteiger partial charge in [-0.25, -0.2) is 14.6 Å². The number of carbonyl (C=O) groups is 2. The number of pyridine rings is 2. The number of methoxy groups -OCH3 is 4. The molecule has 2 aromatic heterocycles. The topological polar surface area (TPSA) is 106 Å². The van der Waals surface area contributed by atoms with E-state index in [9.17, 15) is 14.4 Å². The van der Waals surface area contributed by atoms with Gasteiger partial charge in [-0.3, -0.25) is 9.36 Å². The van der Waals surface area contributed by atoms with Crippen LogP contribution in [0, 0.1) is 0 Å². The van der Waals surface area contributed by atoms with E-state index in [0.29, 0.717) is 44.7 Å². The monoisotopic (exact) mass is 524 g/mol. The summed E-state index contributed by atoms with van der Waals surface area (Å²) in [5, 5.41) is 2.04. The average Bonchev–Trinajstić information content (AvgIpc) is 2.98. The Morgan fingerprint density at radius 1 is 0.769 bits per heavy atom. The van der Waals surface area contributed by atoms with E-state index >= 15 is 0 Å². The SMILES string of the molecule is COC(=O)c1cc2cc(OC)c(OC)cc2c(-c2ccnc(-n3c(=O)ccc4ccccc43)c2)c1C(=O)OC. The van der Waals surface area contributed by atoms with Gasteiger partial charge in [0.2, 0.25) is 0 Å². The summed E-state index contributed by atoms with van der Waals surface area (Å²) in [6.07, 6.45) is 1.54. The zero-order chi connectivity index (χ0) is 27.7. The minimum Gasteiger partial charge on any atom is -0.493 e. The number of fused-ring (bicyclic) bond motifs is 2. The number of para-hydroxylation sites is 1. The second-order valence-corrected chi connectivity index (χ2v) is 8.55. The molecule has 196 valence electrons. The number of carbonyl (C=O) groups excluding carboxylic acids is 2. The number of hydrogen-bond acceptors (Lipinski definition) is 8. The first-order valence-electron chi connectivity index (χ1n) is 11.9. The first-order valence-corrected chi connectivity index (χ1v) is 11.9. The minimum atomic E-state index is -0.734. The van der Waals surface area contributed by atoms with Crippen molar-refractivity contribution < 1.29 is 28.5 Å². The summed E-state index contributed by atoms with van der Waals surface area (Å²) in [4.78, 5) is 43.6. The van der Waals surface area contributed by atoms with Crippen LogP contribution in [0.25, 0.3) is 38.6 Å². The first kappa shape index (κ1) is 25.5. The molecule has 0 saturated heterocycles. The molecule has 0 aliphatic rings. The number of rotatable bonds is 6. The zero-order valence-corrected chi connectivity index (χ0v) is 21.7. The van der Waals surface area contributed by atoms with Gasteiger partial charge in [0.15, 0.2) is 11.5 Å². The van der Waals surface area contributed by atoms with E-state index in [1.807, 2.05) is 24.3 Å². The highest BCUT2D eigenvalue weighted by Gasteiger charge is 2.27. The molecule has 0 aliphatic heterocycles. The Kier molecular flexibility index (Phi) is 6.72. The molecule has 0 unspecified atom stereocenters. The number of ether oxygens (including phenoxy) is 4. The van der Waals surface area contributed by atoms with Crippen molar-refractivity contribution in [3.63, 3.8) is 0 Å².